The van der Waals surface area contributed by atoms with E-state index in [2.05, 4.69) is 20.5 Å². The second-order valence-electron chi connectivity index (χ2n) is 5.79. The highest BCUT2D eigenvalue weighted by Gasteiger charge is 2.25. The van der Waals surface area contributed by atoms with E-state index in [0.29, 0.717) is 5.92 Å². The van der Waals surface area contributed by atoms with Crippen molar-refractivity contribution in [2.45, 2.75) is 12.3 Å². The van der Waals surface area contributed by atoms with E-state index < -0.39 is 0 Å². The summed E-state index contributed by atoms with van der Waals surface area (Å²) < 4.78 is 13.2. The molecule has 1 aromatic carbocycles. The number of hydrogen-bond donors (Lipinski definition) is 2. The van der Waals surface area contributed by atoms with Gasteiger partial charge in [0.25, 0.3) is 0 Å². The van der Waals surface area contributed by atoms with Crippen LogP contribution in [0.15, 0.2) is 48.8 Å². The number of benzene rings is 1. The van der Waals surface area contributed by atoms with Gasteiger partial charge in [-0.3, -0.25) is 10.1 Å². The molecule has 5 heteroatoms. The Bertz CT molecular complexity index is 790. The van der Waals surface area contributed by atoms with Gasteiger partial charge in [0.05, 0.1) is 0 Å². The fourth-order valence-electron chi connectivity index (χ4n) is 3.18. The summed E-state index contributed by atoms with van der Waals surface area (Å²) in [5.74, 6) is 0.176. The van der Waals surface area contributed by atoms with E-state index in [1.165, 1.54) is 12.1 Å². The summed E-state index contributed by atoms with van der Waals surface area (Å²) in [5, 5.41) is 11.2. The number of nitrogens with one attached hydrogen (secondary N) is 2. The third kappa shape index (κ3) is 2.64. The molecule has 1 saturated heterocycles. The van der Waals surface area contributed by atoms with Crippen molar-refractivity contribution < 1.29 is 4.39 Å². The van der Waals surface area contributed by atoms with Crippen molar-refractivity contribution in [2.75, 3.05) is 13.1 Å². The molecule has 116 valence electrons. The van der Waals surface area contributed by atoms with Crippen LogP contribution >= 0.6 is 0 Å². The Morgan fingerprint density at radius 3 is 2.48 bits per heavy atom. The summed E-state index contributed by atoms with van der Waals surface area (Å²) in [6.07, 6.45) is 4.66. The average Bonchev–Trinajstić information content (AvgIpc) is 3.25. The molecule has 1 aliphatic heterocycles. The Balaban J connectivity index is 1.87. The third-order valence-electron chi connectivity index (χ3n) is 4.35. The summed E-state index contributed by atoms with van der Waals surface area (Å²) in [4.78, 5) is 4.10. The van der Waals surface area contributed by atoms with E-state index in [4.69, 9.17) is 0 Å². The van der Waals surface area contributed by atoms with Crippen molar-refractivity contribution in [3.05, 3.63) is 60.3 Å². The fourth-order valence-corrected chi connectivity index (χ4v) is 3.18. The Morgan fingerprint density at radius 1 is 1.00 bits per heavy atom. The zero-order chi connectivity index (χ0) is 15.6. The third-order valence-corrected chi connectivity index (χ3v) is 4.35. The highest BCUT2D eigenvalue weighted by molar-refractivity contribution is 5.82. The van der Waals surface area contributed by atoms with E-state index in [1.807, 2.05) is 12.1 Å². The smallest absolute Gasteiger partial charge is 0.123 e. The van der Waals surface area contributed by atoms with Crippen molar-refractivity contribution in [3.8, 4) is 22.4 Å². The first-order valence-corrected chi connectivity index (χ1v) is 7.78. The van der Waals surface area contributed by atoms with E-state index >= 15 is 0 Å². The quantitative estimate of drug-likeness (QED) is 0.780. The maximum absolute atomic E-state index is 13.2. The van der Waals surface area contributed by atoms with Crippen molar-refractivity contribution in [2.24, 2.45) is 0 Å². The van der Waals surface area contributed by atoms with Crippen molar-refractivity contribution in [1.82, 2.24) is 20.5 Å². The van der Waals surface area contributed by atoms with E-state index in [1.54, 1.807) is 24.5 Å². The second-order valence-corrected chi connectivity index (χ2v) is 5.79. The molecule has 0 radical (unpaired) electrons. The predicted octanol–water partition coefficient (Wildman–Crippen LogP) is 3.35. The summed E-state index contributed by atoms with van der Waals surface area (Å²) in [7, 11) is 0. The molecule has 1 atom stereocenters. The SMILES string of the molecule is Fc1ccc(-c2n[nH]c(C3CCNC3)c2-c2ccncc2)cc1. The molecular weight excluding hydrogens is 291 g/mol. The zero-order valence-electron chi connectivity index (χ0n) is 12.6. The van der Waals surface area contributed by atoms with Crippen molar-refractivity contribution in [3.63, 3.8) is 0 Å². The largest absolute Gasteiger partial charge is 0.316 e. The van der Waals surface area contributed by atoms with Gasteiger partial charge < -0.3 is 5.32 Å². The van der Waals surface area contributed by atoms with Gasteiger partial charge in [-0.2, -0.15) is 5.10 Å². The van der Waals surface area contributed by atoms with E-state index in [9.17, 15) is 4.39 Å². The molecule has 2 N–H and O–H groups in total. The summed E-state index contributed by atoms with van der Waals surface area (Å²) >= 11 is 0. The average molecular weight is 308 g/mol. The molecule has 0 amide bonds. The molecule has 3 aromatic rings. The number of pyridine rings is 1. The van der Waals surface area contributed by atoms with Crippen LogP contribution in [0.5, 0.6) is 0 Å². The van der Waals surface area contributed by atoms with Crippen LogP contribution in [-0.2, 0) is 0 Å². The Kier molecular flexibility index (Phi) is 3.63. The van der Waals surface area contributed by atoms with Crippen LogP contribution in [-0.4, -0.2) is 28.3 Å². The lowest BCUT2D eigenvalue weighted by molar-refractivity contribution is 0.628. The van der Waals surface area contributed by atoms with Gasteiger partial charge in [-0.25, -0.2) is 4.39 Å². The van der Waals surface area contributed by atoms with E-state index in [-0.39, 0.29) is 5.82 Å². The predicted molar refractivity (Wildman–Crippen MR) is 87.4 cm³/mol. The molecule has 3 heterocycles. The van der Waals surface area contributed by atoms with Crippen LogP contribution in [0.1, 0.15) is 18.0 Å². The molecule has 1 aliphatic rings. The molecule has 4 nitrogen and oxygen atoms in total. The number of rotatable bonds is 3. The van der Waals surface area contributed by atoms with Gasteiger partial charge in [0.1, 0.15) is 11.5 Å². The lowest BCUT2D eigenvalue weighted by atomic mass is 9.93. The Morgan fingerprint density at radius 2 is 1.78 bits per heavy atom. The molecule has 1 fully saturated rings. The number of H-pyrrole nitrogens is 1. The highest BCUT2D eigenvalue weighted by Crippen LogP contribution is 2.37. The standard InChI is InChI=1S/C18H17FN4/c19-15-3-1-13(2-4-15)17-16(12-5-8-20-9-6-12)18(23-22-17)14-7-10-21-11-14/h1-6,8-9,14,21H,7,10-11H2,(H,22,23). The van der Waals surface area contributed by atoms with Gasteiger partial charge in [-0.05, 0) is 54.9 Å². The van der Waals surface area contributed by atoms with Crippen LogP contribution in [0.2, 0.25) is 0 Å². The lowest BCUT2D eigenvalue weighted by Gasteiger charge is -2.11. The van der Waals surface area contributed by atoms with Gasteiger partial charge in [-0.15, -0.1) is 0 Å². The zero-order valence-corrected chi connectivity index (χ0v) is 12.6. The van der Waals surface area contributed by atoms with Gasteiger partial charge in [0.2, 0.25) is 0 Å². The molecule has 4 rings (SSSR count). The number of halogens is 1. The molecule has 23 heavy (non-hydrogen) atoms. The molecule has 0 aliphatic carbocycles. The number of aromatic nitrogens is 3. The molecular formula is C18H17FN4. The van der Waals surface area contributed by atoms with Crippen LogP contribution in [0.4, 0.5) is 4.39 Å². The normalized spacial score (nSPS) is 17.5. The molecule has 1 unspecified atom stereocenters. The van der Waals surface area contributed by atoms with Gasteiger partial charge in [-0.1, -0.05) is 0 Å². The second kappa shape index (κ2) is 5.93. The summed E-state index contributed by atoms with van der Waals surface area (Å²) in [6, 6.07) is 10.5. The highest BCUT2D eigenvalue weighted by atomic mass is 19.1. The topological polar surface area (TPSA) is 53.6 Å². The number of hydrogen-bond acceptors (Lipinski definition) is 3. The Labute approximate surface area is 133 Å². The van der Waals surface area contributed by atoms with Crippen molar-refractivity contribution in [1.29, 1.82) is 0 Å². The molecule has 0 saturated carbocycles. The van der Waals surface area contributed by atoms with Crippen LogP contribution in [0.25, 0.3) is 22.4 Å². The minimum absolute atomic E-state index is 0.241. The number of aromatic amines is 1. The summed E-state index contributed by atoms with van der Waals surface area (Å²) in [6.45, 7) is 1.97. The minimum atomic E-state index is -0.241. The van der Waals surface area contributed by atoms with Gasteiger partial charge >= 0.3 is 0 Å². The van der Waals surface area contributed by atoms with Crippen LogP contribution in [0.3, 0.4) is 0 Å². The maximum atomic E-state index is 13.2. The van der Waals surface area contributed by atoms with Crippen molar-refractivity contribution >= 4 is 0 Å². The molecule has 2 aromatic heterocycles. The monoisotopic (exact) mass is 308 g/mol. The number of nitrogens with zero attached hydrogens (tertiary/aromatic N) is 2. The first kappa shape index (κ1) is 14.1. The molecule has 0 bridgehead atoms. The first-order chi connectivity index (χ1) is 11.3. The maximum Gasteiger partial charge on any atom is 0.123 e. The minimum Gasteiger partial charge on any atom is -0.316 e. The van der Waals surface area contributed by atoms with Gasteiger partial charge in [0.15, 0.2) is 0 Å². The van der Waals surface area contributed by atoms with E-state index in [0.717, 1.165) is 47.6 Å². The van der Waals surface area contributed by atoms with Gasteiger partial charge in [0, 0.05) is 41.7 Å². The Hall–Kier alpha value is -2.53. The summed E-state index contributed by atoms with van der Waals surface area (Å²) in [5.41, 5.74) is 5.08. The van der Waals surface area contributed by atoms with Crippen LogP contribution in [0, 0.1) is 5.82 Å². The first-order valence-electron chi connectivity index (χ1n) is 7.78. The van der Waals surface area contributed by atoms with Crippen LogP contribution < -0.4 is 5.32 Å². The lowest BCUT2D eigenvalue weighted by Crippen LogP contribution is -2.08. The molecule has 0 spiro atoms. The fraction of sp³-hybridized carbons (Fsp3) is 0.222.